The molecular weight excluding hydrogens is 234 g/mol. The highest BCUT2D eigenvalue weighted by Crippen LogP contribution is 2.30. The SMILES string of the molecule is COC[C@@H](C)NC(=O)[C@@H]1COc2ccccc2O1. The fraction of sp³-hybridized carbons (Fsp3) is 0.462. The van der Waals surface area contributed by atoms with Crippen molar-refractivity contribution in [2.75, 3.05) is 20.3 Å². The summed E-state index contributed by atoms with van der Waals surface area (Å²) in [5, 5.41) is 2.81. The van der Waals surface area contributed by atoms with Crippen molar-refractivity contribution < 1.29 is 19.0 Å². The average molecular weight is 251 g/mol. The van der Waals surface area contributed by atoms with Crippen LogP contribution in [0.4, 0.5) is 0 Å². The van der Waals surface area contributed by atoms with Gasteiger partial charge in [0.05, 0.1) is 6.61 Å². The van der Waals surface area contributed by atoms with E-state index in [1.807, 2.05) is 25.1 Å². The molecule has 2 rings (SSSR count). The van der Waals surface area contributed by atoms with Gasteiger partial charge in [0.15, 0.2) is 11.5 Å². The molecule has 1 aliphatic rings. The summed E-state index contributed by atoms with van der Waals surface area (Å²) in [5.74, 6) is 1.09. The molecule has 0 aliphatic carbocycles. The van der Waals surface area contributed by atoms with E-state index in [9.17, 15) is 4.79 Å². The Bertz CT molecular complexity index is 421. The molecule has 1 N–H and O–H groups in total. The molecule has 1 amide bonds. The number of methoxy groups -OCH3 is 1. The van der Waals surface area contributed by atoms with Gasteiger partial charge in [0.2, 0.25) is 6.10 Å². The van der Waals surface area contributed by atoms with Gasteiger partial charge in [-0.15, -0.1) is 0 Å². The summed E-state index contributed by atoms with van der Waals surface area (Å²) in [6.07, 6.45) is -0.612. The average Bonchev–Trinajstić information content (AvgIpc) is 2.38. The zero-order chi connectivity index (χ0) is 13.0. The Labute approximate surface area is 106 Å². The van der Waals surface area contributed by atoms with Crippen molar-refractivity contribution in [1.29, 1.82) is 0 Å². The molecule has 0 radical (unpaired) electrons. The molecule has 0 aromatic heterocycles. The number of rotatable bonds is 4. The number of hydrogen-bond donors (Lipinski definition) is 1. The van der Waals surface area contributed by atoms with Crippen LogP contribution in [0.2, 0.25) is 0 Å². The van der Waals surface area contributed by atoms with Crippen molar-refractivity contribution in [3.63, 3.8) is 0 Å². The van der Waals surface area contributed by atoms with E-state index in [1.54, 1.807) is 13.2 Å². The molecular formula is C13H17NO4. The quantitative estimate of drug-likeness (QED) is 0.866. The van der Waals surface area contributed by atoms with Crippen LogP contribution in [0.25, 0.3) is 0 Å². The number of amides is 1. The van der Waals surface area contributed by atoms with Gasteiger partial charge in [-0.3, -0.25) is 4.79 Å². The van der Waals surface area contributed by atoms with E-state index in [1.165, 1.54) is 0 Å². The molecule has 98 valence electrons. The van der Waals surface area contributed by atoms with Crippen molar-refractivity contribution in [3.8, 4) is 11.5 Å². The molecule has 1 aromatic carbocycles. The Kier molecular flexibility index (Phi) is 4.04. The monoisotopic (exact) mass is 251 g/mol. The summed E-state index contributed by atoms with van der Waals surface area (Å²) >= 11 is 0. The standard InChI is InChI=1S/C13H17NO4/c1-9(7-16-2)14-13(15)12-8-17-10-5-3-4-6-11(10)18-12/h3-6,9,12H,7-8H2,1-2H3,(H,14,15)/t9-,12+/m1/s1. The van der Waals surface area contributed by atoms with Crippen LogP contribution in [0.1, 0.15) is 6.92 Å². The van der Waals surface area contributed by atoms with Crippen molar-refractivity contribution in [1.82, 2.24) is 5.32 Å². The van der Waals surface area contributed by atoms with Crippen LogP contribution in [0.15, 0.2) is 24.3 Å². The number of benzene rings is 1. The zero-order valence-electron chi connectivity index (χ0n) is 10.5. The summed E-state index contributed by atoms with van der Waals surface area (Å²) in [6.45, 7) is 2.57. The maximum absolute atomic E-state index is 11.9. The van der Waals surface area contributed by atoms with Gasteiger partial charge in [0, 0.05) is 13.2 Å². The van der Waals surface area contributed by atoms with E-state index < -0.39 is 6.10 Å². The maximum atomic E-state index is 11.9. The minimum atomic E-state index is -0.612. The largest absolute Gasteiger partial charge is 0.485 e. The molecule has 5 nitrogen and oxygen atoms in total. The first-order valence-corrected chi connectivity index (χ1v) is 5.88. The predicted octanol–water partition coefficient (Wildman–Crippen LogP) is 0.977. The van der Waals surface area contributed by atoms with Gasteiger partial charge in [-0.2, -0.15) is 0 Å². The fourth-order valence-electron chi connectivity index (χ4n) is 1.78. The number of carbonyl (C=O) groups is 1. The van der Waals surface area contributed by atoms with Crippen LogP contribution in [0.5, 0.6) is 11.5 Å². The zero-order valence-corrected chi connectivity index (χ0v) is 10.5. The second-order valence-electron chi connectivity index (χ2n) is 4.23. The summed E-state index contributed by atoms with van der Waals surface area (Å²) < 4.78 is 16.0. The third-order valence-corrected chi connectivity index (χ3v) is 2.61. The predicted molar refractivity (Wildman–Crippen MR) is 65.8 cm³/mol. The van der Waals surface area contributed by atoms with E-state index in [0.717, 1.165) is 0 Å². The van der Waals surface area contributed by atoms with Crippen LogP contribution < -0.4 is 14.8 Å². The highest BCUT2D eigenvalue weighted by Gasteiger charge is 2.27. The topological polar surface area (TPSA) is 56.8 Å². The Morgan fingerprint density at radius 3 is 2.94 bits per heavy atom. The minimum Gasteiger partial charge on any atom is -0.485 e. The molecule has 0 saturated carbocycles. The lowest BCUT2D eigenvalue weighted by Crippen LogP contribution is -2.47. The summed E-state index contributed by atoms with van der Waals surface area (Å²) in [6, 6.07) is 7.26. The van der Waals surface area contributed by atoms with Gasteiger partial charge in [0.25, 0.3) is 5.91 Å². The maximum Gasteiger partial charge on any atom is 0.264 e. The molecule has 1 aromatic rings. The van der Waals surface area contributed by atoms with E-state index in [2.05, 4.69) is 5.32 Å². The second kappa shape index (κ2) is 5.73. The molecule has 2 atom stereocenters. The Morgan fingerprint density at radius 1 is 1.50 bits per heavy atom. The Balaban J connectivity index is 1.94. The fourth-order valence-corrected chi connectivity index (χ4v) is 1.78. The molecule has 0 bridgehead atoms. The summed E-state index contributed by atoms with van der Waals surface area (Å²) in [5.41, 5.74) is 0. The first-order valence-electron chi connectivity index (χ1n) is 5.88. The molecule has 5 heteroatoms. The van der Waals surface area contributed by atoms with Gasteiger partial charge in [-0.05, 0) is 19.1 Å². The molecule has 0 fully saturated rings. The highest BCUT2D eigenvalue weighted by molar-refractivity contribution is 5.82. The van der Waals surface area contributed by atoms with E-state index in [0.29, 0.717) is 18.1 Å². The Morgan fingerprint density at radius 2 is 2.22 bits per heavy atom. The normalized spacial score (nSPS) is 19.1. The van der Waals surface area contributed by atoms with Crippen molar-refractivity contribution >= 4 is 5.91 Å². The Hall–Kier alpha value is -1.75. The lowest BCUT2D eigenvalue weighted by atomic mass is 10.2. The molecule has 1 aliphatic heterocycles. The smallest absolute Gasteiger partial charge is 0.264 e. The highest BCUT2D eigenvalue weighted by atomic mass is 16.6. The number of nitrogens with one attached hydrogen (secondary N) is 1. The minimum absolute atomic E-state index is 0.0525. The molecule has 18 heavy (non-hydrogen) atoms. The summed E-state index contributed by atoms with van der Waals surface area (Å²) in [4.78, 5) is 11.9. The van der Waals surface area contributed by atoms with Crippen LogP contribution in [0, 0.1) is 0 Å². The van der Waals surface area contributed by atoms with Gasteiger partial charge in [-0.1, -0.05) is 12.1 Å². The first kappa shape index (κ1) is 12.7. The van der Waals surface area contributed by atoms with Crippen molar-refractivity contribution in [2.24, 2.45) is 0 Å². The molecule has 0 spiro atoms. The van der Waals surface area contributed by atoms with Gasteiger partial charge < -0.3 is 19.5 Å². The number of fused-ring (bicyclic) bond motifs is 1. The molecule has 0 saturated heterocycles. The van der Waals surface area contributed by atoms with Gasteiger partial charge >= 0.3 is 0 Å². The van der Waals surface area contributed by atoms with Gasteiger partial charge in [0.1, 0.15) is 6.61 Å². The van der Waals surface area contributed by atoms with Crippen molar-refractivity contribution in [2.45, 2.75) is 19.1 Å². The number of carbonyl (C=O) groups excluding carboxylic acids is 1. The number of para-hydroxylation sites is 2. The van der Waals surface area contributed by atoms with Crippen molar-refractivity contribution in [3.05, 3.63) is 24.3 Å². The summed E-state index contributed by atoms with van der Waals surface area (Å²) in [7, 11) is 1.60. The third kappa shape index (κ3) is 2.92. The molecule has 1 heterocycles. The lowest BCUT2D eigenvalue weighted by molar-refractivity contribution is -0.131. The third-order valence-electron chi connectivity index (χ3n) is 2.61. The van der Waals surface area contributed by atoms with Crippen LogP contribution in [0.3, 0.4) is 0 Å². The number of ether oxygens (including phenoxy) is 3. The molecule has 0 unspecified atom stereocenters. The second-order valence-corrected chi connectivity index (χ2v) is 4.23. The number of hydrogen-bond acceptors (Lipinski definition) is 4. The van der Waals surface area contributed by atoms with Crippen LogP contribution in [-0.4, -0.2) is 38.4 Å². The first-order chi connectivity index (χ1) is 8.70. The lowest BCUT2D eigenvalue weighted by Gasteiger charge is -2.26. The van der Waals surface area contributed by atoms with E-state index in [4.69, 9.17) is 14.2 Å². The van der Waals surface area contributed by atoms with Crippen LogP contribution in [-0.2, 0) is 9.53 Å². The van der Waals surface area contributed by atoms with E-state index >= 15 is 0 Å². The van der Waals surface area contributed by atoms with E-state index in [-0.39, 0.29) is 18.6 Å². The van der Waals surface area contributed by atoms with Gasteiger partial charge in [-0.25, -0.2) is 0 Å². The van der Waals surface area contributed by atoms with Crippen LogP contribution >= 0.6 is 0 Å².